The molecule has 0 aliphatic heterocycles. The van der Waals surface area contributed by atoms with Crippen molar-refractivity contribution in [3.8, 4) is 0 Å². The van der Waals surface area contributed by atoms with Crippen molar-refractivity contribution < 1.29 is 32.6 Å². The highest BCUT2D eigenvalue weighted by Crippen LogP contribution is 2.22. The number of nitrogens with one attached hydrogen (secondary N) is 1. The maximum atomic E-state index is 12.7. The Hall–Kier alpha value is -0.960. The van der Waals surface area contributed by atoms with E-state index in [4.69, 9.17) is 5.21 Å². The van der Waals surface area contributed by atoms with Crippen LogP contribution in [0.1, 0.15) is 5.56 Å². The van der Waals surface area contributed by atoms with Gasteiger partial charge in [0.1, 0.15) is 0 Å². The minimum absolute atomic E-state index is 0. The van der Waals surface area contributed by atoms with E-state index in [1.807, 2.05) is 0 Å². The van der Waals surface area contributed by atoms with Crippen LogP contribution < -0.4 is 5.48 Å². The van der Waals surface area contributed by atoms with Crippen molar-refractivity contribution in [3.63, 3.8) is 0 Å². The summed E-state index contributed by atoms with van der Waals surface area (Å²) in [7, 11) is 0. The summed E-state index contributed by atoms with van der Waals surface area (Å²) in [6.45, 7) is -0.869. The van der Waals surface area contributed by atoms with Crippen LogP contribution in [0.15, 0.2) is 0 Å². The Bertz CT molecular complexity index is 347. The van der Waals surface area contributed by atoms with E-state index in [9.17, 15) is 22.0 Å². The Morgan fingerprint density at radius 2 is 1.12 bits per heavy atom. The molecule has 1 aromatic carbocycles. The molecule has 3 nitrogen and oxygen atoms in total. The number of hydrogen-bond acceptors (Lipinski definition) is 2. The molecular weight excluding hydrogens is 261 g/mol. The van der Waals surface area contributed by atoms with Crippen LogP contribution in [0.5, 0.6) is 0 Å². The van der Waals surface area contributed by atoms with Gasteiger partial charge in [0.25, 0.3) is 0 Å². The second kappa shape index (κ2) is 6.59. The molecule has 16 heavy (non-hydrogen) atoms. The summed E-state index contributed by atoms with van der Waals surface area (Å²) in [5, 5.41) is 8.10. The second-order valence-corrected chi connectivity index (χ2v) is 2.38. The van der Waals surface area contributed by atoms with Crippen molar-refractivity contribution in [2.75, 3.05) is 0 Å². The van der Waals surface area contributed by atoms with Crippen molar-refractivity contribution >= 4 is 12.4 Å². The van der Waals surface area contributed by atoms with Gasteiger partial charge in [-0.25, -0.2) is 27.4 Å². The van der Waals surface area contributed by atoms with Crippen LogP contribution in [0.3, 0.4) is 0 Å². The Labute approximate surface area is 92.6 Å². The number of hydrogen-bond donors (Lipinski definition) is 2. The molecule has 0 atom stereocenters. The molecular formula is C7H7ClF5NO2. The normalized spacial score (nSPS) is 9.38. The van der Waals surface area contributed by atoms with E-state index >= 15 is 0 Å². The maximum Gasteiger partial charge on any atom is 0.200 e. The topological polar surface area (TPSA) is 63.8 Å². The van der Waals surface area contributed by atoms with Crippen molar-refractivity contribution in [3.05, 3.63) is 34.6 Å². The van der Waals surface area contributed by atoms with E-state index < -0.39 is 41.2 Å². The number of benzene rings is 1. The molecule has 0 heterocycles. The number of rotatable bonds is 2. The van der Waals surface area contributed by atoms with Gasteiger partial charge in [-0.3, -0.25) is 0 Å². The molecule has 9 heteroatoms. The summed E-state index contributed by atoms with van der Waals surface area (Å²) in [4.78, 5) is 0. The zero-order valence-electron chi connectivity index (χ0n) is 7.45. The van der Waals surface area contributed by atoms with Gasteiger partial charge in [0, 0.05) is 5.56 Å². The molecule has 0 aliphatic rings. The third-order valence-corrected chi connectivity index (χ3v) is 1.56. The second-order valence-electron chi connectivity index (χ2n) is 2.38. The molecule has 0 saturated heterocycles. The molecule has 0 saturated carbocycles. The van der Waals surface area contributed by atoms with E-state index in [1.54, 1.807) is 0 Å². The molecule has 0 bridgehead atoms. The smallest absolute Gasteiger partial charge is 0.200 e. The van der Waals surface area contributed by atoms with E-state index in [-0.39, 0.29) is 17.9 Å². The van der Waals surface area contributed by atoms with Gasteiger partial charge < -0.3 is 10.7 Å². The molecule has 4 N–H and O–H groups in total. The van der Waals surface area contributed by atoms with Crippen molar-refractivity contribution in [1.29, 1.82) is 0 Å². The Balaban J connectivity index is 0. The SMILES string of the molecule is Cl.O.ONCc1c(F)c(F)c(F)c(F)c1F. The Morgan fingerprint density at radius 3 is 1.44 bits per heavy atom. The van der Waals surface area contributed by atoms with Gasteiger partial charge >= 0.3 is 0 Å². The zero-order chi connectivity index (χ0) is 10.9. The minimum atomic E-state index is -2.22. The summed E-state index contributed by atoms with van der Waals surface area (Å²) in [6.07, 6.45) is 0. The van der Waals surface area contributed by atoms with Gasteiger partial charge in [-0.15, -0.1) is 12.4 Å². The van der Waals surface area contributed by atoms with Gasteiger partial charge in [0.2, 0.25) is 5.82 Å². The quantitative estimate of drug-likeness (QED) is 0.369. The molecule has 0 fully saturated rings. The maximum absolute atomic E-state index is 12.7. The van der Waals surface area contributed by atoms with Crippen LogP contribution in [0, 0.1) is 29.1 Å². The first-order valence-electron chi connectivity index (χ1n) is 3.38. The molecule has 0 unspecified atom stereocenters. The summed E-state index contributed by atoms with van der Waals surface area (Å²) in [5.41, 5.74) is 0.196. The van der Waals surface area contributed by atoms with Gasteiger partial charge in [0.15, 0.2) is 23.3 Å². The van der Waals surface area contributed by atoms with E-state index in [0.717, 1.165) is 0 Å². The van der Waals surface area contributed by atoms with Crippen LogP contribution >= 0.6 is 12.4 Å². The molecule has 0 amide bonds. The van der Waals surface area contributed by atoms with Crippen LogP contribution in [-0.4, -0.2) is 10.7 Å². The van der Waals surface area contributed by atoms with E-state index in [1.165, 1.54) is 5.48 Å². The summed E-state index contributed by atoms with van der Waals surface area (Å²) in [6, 6.07) is 0. The average Bonchev–Trinajstić information content (AvgIpc) is 2.19. The van der Waals surface area contributed by atoms with Crippen LogP contribution in [-0.2, 0) is 6.54 Å². The van der Waals surface area contributed by atoms with Crippen molar-refractivity contribution in [2.45, 2.75) is 6.54 Å². The van der Waals surface area contributed by atoms with E-state index in [2.05, 4.69) is 0 Å². The molecule has 0 aliphatic carbocycles. The highest BCUT2D eigenvalue weighted by Gasteiger charge is 2.24. The fourth-order valence-corrected chi connectivity index (χ4v) is 0.885. The number of halogens is 6. The monoisotopic (exact) mass is 267 g/mol. The van der Waals surface area contributed by atoms with Gasteiger partial charge in [0.05, 0.1) is 6.54 Å². The molecule has 1 aromatic rings. The molecule has 1 rings (SSSR count). The average molecular weight is 268 g/mol. The summed E-state index contributed by atoms with van der Waals surface area (Å²) >= 11 is 0. The highest BCUT2D eigenvalue weighted by molar-refractivity contribution is 5.85. The molecule has 0 spiro atoms. The predicted octanol–water partition coefficient (Wildman–Crippen LogP) is 1.46. The summed E-state index contributed by atoms with van der Waals surface area (Å²) < 4.78 is 62.8. The van der Waals surface area contributed by atoms with E-state index in [0.29, 0.717) is 0 Å². The Kier molecular flexibility index (Phi) is 7.18. The standard InChI is InChI=1S/C7H4F5NO.ClH.H2O/c8-3-2(1-13-14)4(9)6(11)7(12)5(3)10;;/h13-14H,1H2;1H;1H2. The predicted molar refractivity (Wildman–Crippen MR) is 45.7 cm³/mol. The Morgan fingerprint density at radius 1 is 0.812 bits per heavy atom. The van der Waals surface area contributed by atoms with Crippen LogP contribution in [0.2, 0.25) is 0 Å². The number of hydroxylamine groups is 1. The van der Waals surface area contributed by atoms with Crippen molar-refractivity contribution in [2.24, 2.45) is 0 Å². The minimum Gasteiger partial charge on any atom is -0.412 e. The lowest BCUT2D eigenvalue weighted by molar-refractivity contribution is 0.157. The molecule has 94 valence electrons. The highest BCUT2D eigenvalue weighted by atomic mass is 35.5. The lowest BCUT2D eigenvalue weighted by Crippen LogP contribution is -2.14. The largest absolute Gasteiger partial charge is 0.412 e. The summed E-state index contributed by atoms with van der Waals surface area (Å²) in [5.74, 6) is -10.2. The zero-order valence-corrected chi connectivity index (χ0v) is 8.27. The fourth-order valence-electron chi connectivity index (χ4n) is 0.885. The van der Waals surface area contributed by atoms with Gasteiger partial charge in [-0.1, -0.05) is 0 Å². The molecule has 0 aromatic heterocycles. The van der Waals surface area contributed by atoms with Gasteiger partial charge in [-0.05, 0) is 0 Å². The third kappa shape index (κ3) is 2.79. The van der Waals surface area contributed by atoms with Crippen LogP contribution in [0.25, 0.3) is 0 Å². The molecule has 0 radical (unpaired) electrons. The first kappa shape index (κ1) is 17.4. The third-order valence-electron chi connectivity index (χ3n) is 1.56. The first-order chi connectivity index (χ1) is 6.50. The lowest BCUT2D eigenvalue weighted by atomic mass is 10.1. The first-order valence-corrected chi connectivity index (χ1v) is 3.38. The van der Waals surface area contributed by atoms with Crippen molar-refractivity contribution in [1.82, 2.24) is 5.48 Å². The lowest BCUT2D eigenvalue weighted by Gasteiger charge is -2.06. The van der Waals surface area contributed by atoms with Gasteiger partial charge in [-0.2, -0.15) is 0 Å². The fraction of sp³-hybridized carbons (Fsp3) is 0.143. The van der Waals surface area contributed by atoms with Crippen LogP contribution in [0.4, 0.5) is 22.0 Å².